The van der Waals surface area contributed by atoms with Crippen LogP contribution in [0.25, 0.3) is 11.0 Å². The normalized spacial score (nSPS) is 12.0. The van der Waals surface area contributed by atoms with Gasteiger partial charge in [0, 0.05) is 11.3 Å². The quantitative estimate of drug-likeness (QED) is 0.706. The van der Waals surface area contributed by atoms with Crippen LogP contribution in [-0.4, -0.2) is 36.5 Å². The number of aryl methyl sites for hydroxylation is 2. The molecule has 7 nitrogen and oxygen atoms in total. The number of ether oxygens (including phenoxy) is 1. The summed E-state index contributed by atoms with van der Waals surface area (Å²) < 4.78 is 10.9. The second kappa shape index (κ2) is 8.27. The van der Waals surface area contributed by atoms with Crippen LogP contribution in [0.5, 0.6) is 5.75 Å². The maximum absolute atomic E-state index is 12.0. The van der Waals surface area contributed by atoms with Gasteiger partial charge in [0.05, 0.1) is 17.4 Å². The fourth-order valence-corrected chi connectivity index (χ4v) is 3.07. The van der Waals surface area contributed by atoms with Crippen molar-refractivity contribution >= 4 is 34.6 Å². The molecule has 0 unspecified atom stereocenters. The van der Waals surface area contributed by atoms with Crippen molar-refractivity contribution in [1.29, 1.82) is 0 Å². The number of hydrogen-bond acceptors (Lipinski definition) is 7. The van der Waals surface area contributed by atoms with E-state index in [4.69, 9.17) is 9.15 Å². The summed E-state index contributed by atoms with van der Waals surface area (Å²) in [7, 11) is 0. The van der Waals surface area contributed by atoms with Gasteiger partial charge in [0.1, 0.15) is 11.3 Å². The molecule has 0 spiro atoms. The van der Waals surface area contributed by atoms with E-state index < -0.39 is 23.5 Å². The predicted molar refractivity (Wildman–Crippen MR) is 97.5 cm³/mol. The SMILES string of the molecule is CSC[C@H](NC(=O)COc1cc(C)cc2oc(=O)c(C)c(C)c12)C(=O)[O-]. The molecule has 0 radical (unpaired) electrons. The molecule has 140 valence electrons. The monoisotopic (exact) mass is 378 g/mol. The van der Waals surface area contributed by atoms with Crippen LogP contribution in [-0.2, 0) is 9.59 Å². The predicted octanol–water partition coefficient (Wildman–Crippen LogP) is 0.695. The molecular weight excluding hydrogens is 358 g/mol. The largest absolute Gasteiger partial charge is 0.548 e. The molecule has 0 bridgehead atoms. The van der Waals surface area contributed by atoms with E-state index >= 15 is 0 Å². The van der Waals surface area contributed by atoms with Crippen LogP contribution in [0, 0.1) is 20.8 Å². The minimum Gasteiger partial charge on any atom is -0.548 e. The zero-order valence-electron chi connectivity index (χ0n) is 15.0. The molecule has 1 N–H and O–H groups in total. The number of carbonyl (C=O) groups excluding carboxylic acids is 2. The lowest BCUT2D eigenvalue weighted by atomic mass is 10.0. The lowest BCUT2D eigenvalue weighted by molar-refractivity contribution is -0.307. The van der Waals surface area contributed by atoms with Crippen LogP contribution in [0.1, 0.15) is 16.7 Å². The summed E-state index contributed by atoms with van der Waals surface area (Å²) in [5.41, 5.74) is 1.94. The summed E-state index contributed by atoms with van der Waals surface area (Å²) in [5.74, 6) is -1.32. The standard InChI is InChI=1S/C18H21NO6S/c1-9-5-13(16-10(2)11(3)18(23)25-14(16)6-9)24-7-15(20)19-12(8-26-4)17(21)22/h5-6,12H,7-8H2,1-4H3,(H,19,20)(H,21,22)/p-1/t12-/m0/s1. The molecule has 8 heteroatoms. The Labute approximate surface area is 154 Å². The first kappa shape index (κ1) is 19.8. The third-order valence-corrected chi connectivity index (χ3v) is 4.64. The third kappa shape index (κ3) is 4.37. The van der Waals surface area contributed by atoms with Crippen molar-refractivity contribution in [3.63, 3.8) is 0 Å². The Bertz CT molecular complexity index is 905. The van der Waals surface area contributed by atoms with Crippen molar-refractivity contribution in [2.45, 2.75) is 26.8 Å². The number of aliphatic carboxylic acids is 1. The van der Waals surface area contributed by atoms with Crippen LogP contribution >= 0.6 is 11.8 Å². The van der Waals surface area contributed by atoms with Gasteiger partial charge in [-0.1, -0.05) is 0 Å². The Morgan fingerprint density at radius 1 is 1.27 bits per heavy atom. The molecule has 1 aromatic heterocycles. The van der Waals surface area contributed by atoms with Gasteiger partial charge in [-0.25, -0.2) is 4.79 Å². The maximum Gasteiger partial charge on any atom is 0.339 e. The molecule has 2 rings (SSSR count). The highest BCUT2D eigenvalue weighted by Crippen LogP contribution is 2.30. The molecule has 1 aromatic carbocycles. The molecule has 0 fully saturated rings. The zero-order valence-corrected chi connectivity index (χ0v) is 15.8. The number of carboxylic acid groups (broad SMARTS) is 1. The summed E-state index contributed by atoms with van der Waals surface area (Å²) in [6.45, 7) is 4.88. The van der Waals surface area contributed by atoms with Gasteiger partial charge in [-0.3, -0.25) is 4.79 Å². The molecule has 1 amide bonds. The highest BCUT2D eigenvalue weighted by atomic mass is 32.2. The van der Waals surface area contributed by atoms with E-state index in [1.54, 1.807) is 32.2 Å². The first-order valence-corrected chi connectivity index (χ1v) is 9.30. The third-order valence-electron chi connectivity index (χ3n) is 3.97. The van der Waals surface area contributed by atoms with Gasteiger partial charge in [-0.2, -0.15) is 11.8 Å². The topological polar surface area (TPSA) is 109 Å². The molecule has 0 aliphatic carbocycles. The first-order chi connectivity index (χ1) is 12.2. The van der Waals surface area contributed by atoms with Gasteiger partial charge in [-0.05, 0) is 50.3 Å². The summed E-state index contributed by atoms with van der Waals surface area (Å²) in [6.07, 6.45) is 1.73. The lowest BCUT2D eigenvalue weighted by Crippen LogP contribution is -2.50. The van der Waals surface area contributed by atoms with Crippen LogP contribution in [0.15, 0.2) is 21.3 Å². The maximum atomic E-state index is 12.0. The molecule has 0 aliphatic rings. The van der Waals surface area contributed by atoms with Gasteiger partial charge in [0.25, 0.3) is 5.91 Å². The van der Waals surface area contributed by atoms with Gasteiger partial charge < -0.3 is 24.4 Å². The Hall–Kier alpha value is -2.48. The number of hydrogen-bond donors (Lipinski definition) is 1. The number of carbonyl (C=O) groups is 2. The van der Waals surface area contributed by atoms with Crippen LogP contribution in [0.2, 0.25) is 0 Å². The second-order valence-corrected chi connectivity index (χ2v) is 6.87. The van der Waals surface area contributed by atoms with E-state index in [1.165, 1.54) is 11.8 Å². The number of thioether (sulfide) groups is 1. The van der Waals surface area contributed by atoms with E-state index in [0.717, 1.165) is 5.56 Å². The number of rotatable bonds is 7. The minimum absolute atomic E-state index is 0.199. The van der Waals surface area contributed by atoms with Crippen LogP contribution < -0.4 is 20.8 Å². The highest BCUT2D eigenvalue weighted by Gasteiger charge is 2.16. The molecule has 2 aromatic rings. The lowest BCUT2D eigenvalue weighted by Gasteiger charge is -2.19. The average molecular weight is 378 g/mol. The van der Waals surface area contributed by atoms with Gasteiger partial charge >= 0.3 is 5.63 Å². The number of nitrogens with one attached hydrogen (secondary N) is 1. The van der Waals surface area contributed by atoms with E-state index in [9.17, 15) is 19.5 Å². The molecule has 0 saturated heterocycles. The van der Waals surface area contributed by atoms with Crippen molar-refractivity contribution < 1.29 is 23.8 Å². The van der Waals surface area contributed by atoms with Crippen LogP contribution in [0.4, 0.5) is 0 Å². The van der Waals surface area contributed by atoms with Crippen molar-refractivity contribution in [2.75, 3.05) is 18.6 Å². The smallest absolute Gasteiger partial charge is 0.339 e. The Balaban J connectivity index is 2.26. The Kier molecular flexibility index (Phi) is 6.31. The van der Waals surface area contributed by atoms with Gasteiger partial charge in [-0.15, -0.1) is 0 Å². The zero-order chi connectivity index (χ0) is 19.4. The minimum atomic E-state index is -1.35. The number of benzene rings is 1. The number of amides is 1. The van der Waals surface area contributed by atoms with Crippen molar-refractivity contribution in [2.24, 2.45) is 0 Å². The van der Waals surface area contributed by atoms with E-state index in [-0.39, 0.29) is 12.4 Å². The average Bonchev–Trinajstić information content (AvgIpc) is 2.56. The fourth-order valence-electron chi connectivity index (χ4n) is 2.52. The van der Waals surface area contributed by atoms with Crippen molar-refractivity contribution in [3.05, 3.63) is 39.2 Å². The Morgan fingerprint density at radius 2 is 1.96 bits per heavy atom. The van der Waals surface area contributed by atoms with Crippen molar-refractivity contribution in [3.8, 4) is 5.75 Å². The first-order valence-electron chi connectivity index (χ1n) is 7.91. The van der Waals surface area contributed by atoms with E-state index in [1.807, 2.05) is 6.92 Å². The van der Waals surface area contributed by atoms with Crippen LogP contribution in [0.3, 0.4) is 0 Å². The van der Waals surface area contributed by atoms with Gasteiger partial charge in [0.15, 0.2) is 6.61 Å². The molecular formula is C18H20NO6S-. The molecule has 0 saturated carbocycles. The molecule has 1 atom stereocenters. The Morgan fingerprint density at radius 3 is 2.58 bits per heavy atom. The highest BCUT2D eigenvalue weighted by molar-refractivity contribution is 7.98. The summed E-state index contributed by atoms with van der Waals surface area (Å²) in [6, 6.07) is 2.37. The fraction of sp³-hybridized carbons (Fsp3) is 0.389. The summed E-state index contributed by atoms with van der Waals surface area (Å²) in [4.78, 5) is 34.9. The summed E-state index contributed by atoms with van der Waals surface area (Å²) in [5, 5.41) is 14.0. The number of fused-ring (bicyclic) bond motifs is 1. The molecule has 1 heterocycles. The van der Waals surface area contributed by atoms with Gasteiger partial charge in [0.2, 0.25) is 0 Å². The number of carboxylic acids is 1. The van der Waals surface area contributed by atoms with E-state index in [2.05, 4.69) is 5.32 Å². The van der Waals surface area contributed by atoms with E-state index in [0.29, 0.717) is 27.8 Å². The molecule has 26 heavy (non-hydrogen) atoms. The second-order valence-electron chi connectivity index (χ2n) is 5.96. The summed E-state index contributed by atoms with van der Waals surface area (Å²) >= 11 is 1.28. The molecule has 0 aliphatic heterocycles. The van der Waals surface area contributed by atoms with Crippen molar-refractivity contribution in [1.82, 2.24) is 5.32 Å².